The summed E-state index contributed by atoms with van der Waals surface area (Å²) in [4.78, 5) is 51.0. The van der Waals surface area contributed by atoms with E-state index in [4.69, 9.17) is 42.2 Å². The van der Waals surface area contributed by atoms with Crippen molar-refractivity contribution < 1.29 is 117 Å². The summed E-state index contributed by atoms with van der Waals surface area (Å²) in [6.45, 7) is 3.47. The number of carbonyl (C=O) groups excluding carboxylic acids is 3. The van der Waals surface area contributed by atoms with Crippen LogP contribution in [0.4, 0.5) is 0 Å². The maximum absolute atomic E-state index is 14.3. The predicted octanol–water partition coefficient (Wildman–Crippen LogP) is 10.6. The van der Waals surface area contributed by atoms with Crippen LogP contribution in [0.15, 0.2) is 0 Å². The zero-order valence-electron chi connectivity index (χ0n) is 59.6. The molecule has 97 heavy (non-hydrogen) atoms. The molecule has 25 heteroatoms. The van der Waals surface area contributed by atoms with Crippen molar-refractivity contribution in [1.82, 2.24) is 0 Å². The zero-order chi connectivity index (χ0) is 71.1. The van der Waals surface area contributed by atoms with Crippen LogP contribution in [0.2, 0.25) is 0 Å². The standard InChI is InChI=1S/C72H135O24P/c1-4-7-10-13-16-19-22-25-27-30-33-36-39-42-45-48-58(76)91-53(50-88-56(74)46-43-40-37-34-31-28-24-21-18-15-12-9-6-3)51-90-97(86,87)96-70-68(94-71-66(84)61(79)59(77)54(49-73)92-71)64(82)63(81)65(83)69(70)95-72-67(85)62(80)60(78)55(93-72)52-89-57(75)47-44-41-38-35-32-29-26-23-20-17-14-11-8-5-2/h53-55,59-73,77-85H,4-52H2,1-3H3,(H,86,87). The Kier molecular flexibility index (Phi) is 50.2. The van der Waals surface area contributed by atoms with E-state index >= 15 is 0 Å². The van der Waals surface area contributed by atoms with Crippen LogP contribution >= 0.6 is 7.82 Å². The predicted molar refractivity (Wildman–Crippen MR) is 365 cm³/mol. The SMILES string of the molecule is CCCCCCCCCCCCCCCCCC(=O)OC(COC(=O)CCCCCCCCCCCCCCC)COP(=O)(O)OC1C(OC2OC(CO)C(O)C(O)C2O)C(O)C(O)C(O)C1OC1OC(COC(=O)CCCCCCCCCCCCCCCC)C(O)C(O)C1O. The molecule has 0 aromatic heterocycles. The minimum atomic E-state index is -5.69. The van der Waals surface area contributed by atoms with Gasteiger partial charge >= 0.3 is 25.7 Å². The van der Waals surface area contributed by atoms with Crippen molar-refractivity contribution in [2.75, 3.05) is 26.4 Å². The molecule has 0 bridgehead atoms. The summed E-state index contributed by atoms with van der Waals surface area (Å²) in [5.74, 6) is -1.97. The average Bonchev–Trinajstić information content (AvgIpc) is 0.764. The van der Waals surface area contributed by atoms with Crippen LogP contribution in [0.5, 0.6) is 0 Å². The maximum Gasteiger partial charge on any atom is 0.472 e. The van der Waals surface area contributed by atoms with Crippen molar-refractivity contribution in [1.29, 1.82) is 0 Å². The lowest BCUT2D eigenvalue weighted by Gasteiger charge is -2.49. The van der Waals surface area contributed by atoms with Crippen LogP contribution in [0.1, 0.15) is 310 Å². The molecule has 2 aliphatic heterocycles. The summed E-state index contributed by atoms with van der Waals surface area (Å²) in [6.07, 6.45) is 11.6. The van der Waals surface area contributed by atoms with E-state index in [2.05, 4.69) is 20.8 Å². The number of carbonyl (C=O) groups is 3. The lowest BCUT2D eigenvalue weighted by atomic mass is 9.84. The number of aliphatic hydroxyl groups is 10. The number of aliphatic hydroxyl groups excluding tert-OH is 10. The highest BCUT2D eigenvalue weighted by atomic mass is 31.2. The Hall–Kier alpha value is -2.04. The van der Waals surface area contributed by atoms with Crippen LogP contribution in [-0.2, 0) is 61.2 Å². The fraction of sp³-hybridized carbons (Fsp3) is 0.958. The van der Waals surface area contributed by atoms with Crippen molar-refractivity contribution in [2.24, 2.45) is 0 Å². The molecule has 0 amide bonds. The van der Waals surface area contributed by atoms with E-state index in [1.807, 2.05) is 0 Å². The van der Waals surface area contributed by atoms with Crippen molar-refractivity contribution in [3.8, 4) is 0 Å². The largest absolute Gasteiger partial charge is 0.472 e. The summed E-state index contributed by atoms with van der Waals surface area (Å²) < 4.78 is 65.1. The number of phosphoric ester groups is 1. The minimum Gasteiger partial charge on any atom is -0.463 e. The monoisotopic (exact) mass is 1410 g/mol. The third-order valence-electron chi connectivity index (χ3n) is 19.1. The van der Waals surface area contributed by atoms with Crippen LogP contribution in [0.25, 0.3) is 0 Å². The lowest BCUT2D eigenvalue weighted by molar-refractivity contribution is -0.360. The average molecular weight is 1420 g/mol. The van der Waals surface area contributed by atoms with E-state index in [0.29, 0.717) is 19.3 Å². The van der Waals surface area contributed by atoms with Crippen LogP contribution in [-0.4, -0.2) is 204 Å². The molecule has 1 aliphatic carbocycles. The summed E-state index contributed by atoms with van der Waals surface area (Å²) >= 11 is 0. The highest BCUT2D eigenvalue weighted by Gasteiger charge is 2.58. The molecule has 24 nitrogen and oxygen atoms in total. The first-order chi connectivity index (χ1) is 46.8. The third kappa shape index (κ3) is 37.8. The van der Waals surface area contributed by atoms with Gasteiger partial charge in [-0.3, -0.25) is 23.4 Å². The van der Waals surface area contributed by atoms with Gasteiger partial charge in [-0.05, 0) is 19.3 Å². The summed E-state index contributed by atoms with van der Waals surface area (Å²) in [5, 5.41) is 110. The first kappa shape index (κ1) is 89.2. The third-order valence-corrected chi connectivity index (χ3v) is 20.1. The molecule has 18 atom stereocenters. The smallest absolute Gasteiger partial charge is 0.463 e. The molecule has 0 spiro atoms. The van der Waals surface area contributed by atoms with Gasteiger partial charge in [-0.15, -0.1) is 0 Å². The molecule has 3 aliphatic rings. The molecular formula is C72H135O24P. The van der Waals surface area contributed by atoms with Gasteiger partial charge in [-0.2, -0.15) is 0 Å². The normalized spacial score (nSPS) is 27.7. The number of phosphoric acid groups is 1. The van der Waals surface area contributed by atoms with Gasteiger partial charge in [-0.25, -0.2) is 4.57 Å². The first-order valence-electron chi connectivity index (χ1n) is 38.3. The molecule has 0 aromatic rings. The number of ether oxygens (including phenoxy) is 7. The Balaban J connectivity index is 1.73. The van der Waals surface area contributed by atoms with E-state index < -0.39 is 156 Å². The second-order valence-corrected chi connectivity index (χ2v) is 29.1. The number of esters is 3. The Morgan fingerprint density at radius 1 is 0.361 bits per heavy atom. The molecule has 3 fully saturated rings. The van der Waals surface area contributed by atoms with Gasteiger partial charge in [0.15, 0.2) is 18.7 Å². The van der Waals surface area contributed by atoms with E-state index in [0.717, 1.165) is 89.9 Å². The fourth-order valence-corrected chi connectivity index (χ4v) is 13.8. The van der Waals surface area contributed by atoms with Gasteiger partial charge < -0.3 is 89.1 Å². The van der Waals surface area contributed by atoms with Crippen LogP contribution in [0.3, 0.4) is 0 Å². The molecule has 18 unspecified atom stereocenters. The molecule has 1 saturated carbocycles. The number of hydrogen-bond acceptors (Lipinski definition) is 23. The van der Waals surface area contributed by atoms with E-state index in [-0.39, 0.29) is 19.3 Å². The second-order valence-electron chi connectivity index (χ2n) is 27.7. The molecule has 2 saturated heterocycles. The zero-order valence-corrected chi connectivity index (χ0v) is 60.5. The molecule has 0 aromatic carbocycles. The topological polar surface area (TPSA) is 374 Å². The van der Waals surface area contributed by atoms with Crippen molar-refractivity contribution in [3.63, 3.8) is 0 Å². The number of hydrogen-bond donors (Lipinski definition) is 11. The summed E-state index contributed by atoms with van der Waals surface area (Å²) in [7, 11) is -5.69. The van der Waals surface area contributed by atoms with Gasteiger partial charge in [0.1, 0.15) is 98.7 Å². The van der Waals surface area contributed by atoms with Crippen molar-refractivity contribution in [3.05, 3.63) is 0 Å². The van der Waals surface area contributed by atoms with Gasteiger partial charge in [0, 0.05) is 19.3 Å². The minimum absolute atomic E-state index is 0.0330. The molecular weight excluding hydrogens is 1280 g/mol. The fourth-order valence-electron chi connectivity index (χ4n) is 12.9. The summed E-state index contributed by atoms with van der Waals surface area (Å²) in [5.41, 5.74) is 0. The number of rotatable bonds is 60. The Morgan fingerprint density at radius 3 is 1.01 bits per heavy atom. The summed E-state index contributed by atoms with van der Waals surface area (Å²) in [6, 6.07) is 0. The second kappa shape index (κ2) is 54.6. The van der Waals surface area contributed by atoms with E-state index in [9.17, 15) is 74.9 Å². The van der Waals surface area contributed by atoms with Gasteiger partial charge in [0.05, 0.1) is 13.2 Å². The highest BCUT2D eigenvalue weighted by Crippen LogP contribution is 2.49. The number of unbranched alkanes of at least 4 members (excludes halogenated alkanes) is 39. The molecule has 572 valence electrons. The molecule has 3 rings (SSSR count). The van der Waals surface area contributed by atoms with Gasteiger partial charge in [0.2, 0.25) is 0 Å². The Bertz CT molecular complexity index is 2010. The first-order valence-corrected chi connectivity index (χ1v) is 39.8. The highest BCUT2D eigenvalue weighted by molar-refractivity contribution is 7.47. The van der Waals surface area contributed by atoms with Crippen LogP contribution < -0.4 is 0 Å². The van der Waals surface area contributed by atoms with Gasteiger partial charge in [0.25, 0.3) is 0 Å². The van der Waals surface area contributed by atoms with E-state index in [1.165, 1.54) is 161 Å². The quantitative estimate of drug-likeness (QED) is 0.0117. The molecule has 2 heterocycles. The molecule has 11 N–H and O–H groups in total. The molecule has 0 radical (unpaired) electrons. The van der Waals surface area contributed by atoms with Crippen LogP contribution in [0, 0.1) is 0 Å². The van der Waals surface area contributed by atoms with Crippen molar-refractivity contribution >= 4 is 25.7 Å². The Morgan fingerprint density at radius 2 is 0.660 bits per heavy atom. The Labute approximate surface area is 580 Å². The maximum atomic E-state index is 14.3. The van der Waals surface area contributed by atoms with Crippen molar-refractivity contribution in [2.45, 2.75) is 414 Å². The lowest BCUT2D eigenvalue weighted by Crippen LogP contribution is -2.69. The van der Waals surface area contributed by atoms with E-state index in [1.54, 1.807) is 0 Å². The van der Waals surface area contributed by atoms with Gasteiger partial charge in [-0.1, -0.05) is 271 Å².